The number of hydrogen-bond donors (Lipinski definition) is 1. The highest BCUT2D eigenvalue weighted by atomic mass is 32.1. The molecule has 2 N–H and O–H groups in total. The van der Waals surface area contributed by atoms with Crippen molar-refractivity contribution in [1.29, 1.82) is 0 Å². The lowest BCUT2D eigenvalue weighted by molar-refractivity contribution is -0.306. The van der Waals surface area contributed by atoms with Gasteiger partial charge in [0.1, 0.15) is 5.41 Å². The molecule has 1 aromatic rings. The molecule has 0 saturated carbocycles. The maximum atomic E-state index is 12.2. The molecule has 0 saturated heterocycles. The van der Waals surface area contributed by atoms with E-state index in [2.05, 4.69) is 4.98 Å². The van der Waals surface area contributed by atoms with Crippen LogP contribution in [-0.2, 0) is 19.7 Å². The van der Waals surface area contributed by atoms with Crippen LogP contribution in [0.3, 0.4) is 0 Å². The average Bonchev–Trinajstić information content (AvgIpc) is 2.78. The molecule has 0 aliphatic heterocycles. The summed E-state index contributed by atoms with van der Waals surface area (Å²) in [5.41, 5.74) is 4.99. The summed E-state index contributed by atoms with van der Waals surface area (Å²) in [6.45, 7) is 3.72. The van der Waals surface area contributed by atoms with E-state index in [1.807, 2.05) is 0 Å². The molecule has 0 bridgehead atoms. The number of anilines is 1. The number of rotatable bonds is 7. The topological polar surface area (TPSA) is 105 Å². The average molecular weight is 285 g/mol. The number of nitrogens with two attached hydrogens (primary N) is 1. The predicted molar refractivity (Wildman–Crippen MR) is 69.4 cm³/mol. The Morgan fingerprint density at radius 1 is 1.53 bits per heavy atom. The molecule has 0 aromatic carbocycles. The highest BCUT2D eigenvalue weighted by molar-refractivity contribution is 7.13. The molecule has 0 aliphatic rings. The highest BCUT2D eigenvalue weighted by Gasteiger charge is 2.41. The molecule has 1 heterocycles. The predicted octanol–water partition coefficient (Wildman–Crippen LogP) is 0.466. The molecule has 1 rings (SSSR count). The zero-order valence-electron chi connectivity index (χ0n) is 11.0. The second kappa shape index (κ2) is 6.51. The van der Waals surface area contributed by atoms with Crippen LogP contribution in [0.15, 0.2) is 5.38 Å². The second-order valence-corrected chi connectivity index (χ2v) is 4.99. The first-order valence-electron chi connectivity index (χ1n) is 6.04. The molecule has 0 radical (unpaired) electrons. The van der Waals surface area contributed by atoms with E-state index in [-0.39, 0.29) is 19.4 Å². The van der Waals surface area contributed by atoms with E-state index >= 15 is 0 Å². The maximum absolute atomic E-state index is 12.2. The molecule has 0 amide bonds. The first-order valence-corrected chi connectivity index (χ1v) is 6.92. The van der Waals surface area contributed by atoms with Crippen LogP contribution in [0.25, 0.3) is 0 Å². The van der Waals surface area contributed by atoms with Crippen LogP contribution in [-0.4, -0.2) is 23.5 Å². The molecule has 0 unspecified atom stereocenters. The summed E-state index contributed by atoms with van der Waals surface area (Å²) >= 11 is 1.21. The molecule has 0 spiro atoms. The molecule has 0 aliphatic carbocycles. The van der Waals surface area contributed by atoms with Gasteiger partial charge >= 0.3 is 5.97 Å². The minimum Gasteiger partial charge on any atom is -0.550 e. The van der Waals surface area contributed by atoms with Crippen molar-refractivity contribution in [3.63, 3.8) is 0 Å². The summed E-state index contributed by atoms with van der Waals surface area (Å²) in [6, 6.07) is 0. The van der Waals surface area contributed by atoms with E-state index in [0.717, 1.165) is 0 Å². The molecule has 106 valence electrons. The standard InChI is InChI=1S/C12H18N2O4S/c1-3-12(6-5-9(15)16,10(17)18-4-2)8-7-19-11(13)14-8/h7H,3-6H2,1-2H3,(H2,13,14)(H,15,16)/p-1/t12-/m1/s1. The van der Waals surface area contributed by atoms with Crippen molar-refractivity contribution in [3.8, 4) is 0 Å². The van der Waals surface area contributed by atoms with Crippen LogP contribution in [0.4, 0.5) is 5.13 Å². The van der Waals surface area contributed by atoms with Gasteiger partial charge in [0.25, 0.3) is 0 Å². The van der Waals surface area contributed by atoms with Gasteiger partial charge in [-0.05, 0) is 26.2 Å². The van der Waals surface area contributed by atoms with Crippen LogP contribution in [0, 0.1) is 0 Å². The van der Waals surface area contributed by atoms with Gasteiger partial charge in [0.2, 0.25) is 0 Å². The molecule has 1 atom stereocenters. The van der Waals surface area contributed by atoms with E-state index in [9.17, 15) is 14.7 Å². The zero-order valence-corrected chi connectivity index (χ0v) is 11.8. The fourth-order valence-corrected chi connectivity index (χ4v) is 2.59. The summed E-state index contributed by atoms with van der Waals surface area (Å²) in [5.74, 6) is -1.67. The third kappa shape index (κ3) is 3.44. The third-order valence-electron chi connectivity index (χ3n) is 3.04. The first kappa shape index (κ1) is 15.4. The van der Waals surface area contributed by atoms with Crippen molar-refractivity contribution < 1.29 is 19.4 Å². The number of hydrogen-bond acceptors (Lipinski definition) is 7. The van der Waals surface area contributed by atoms with Crippen LogP contribution in [0.5, 0.6) is 0 Å². The number of nitrogens with zero attached hydrogens (tertiary/aromatic N) is 1. The summed E-state index contributed by atoms with van der Waals surface area (Å²) in [5, 5.41) is 12.7. The minimum absolute atomic E-state index is 0.0911. The van der Waals surface area contributed by atoms with Crippen molar-refractivity contribution in [2.24, 2.45) is 0 Å². The number of ether oxygens (including phenoxy) is 1. The minimum atomic E-state index is -1.20. The Hall–Kier alpha value is -1.63. The number of aliphatic carboxylic acids is 1. The smallest absolute Gasteiger partial charge is 0.318 e. The van der Waals surface area contributed by atoms with Gasteiger partial charge in [-0.1, -0.05) is 6.92 Å². The number of thiazole rings is 1. The second-order valence-electron chi connectivity index (χ2n) is 4.10. The number of carboxylic acid groups (broad SMARTS) is 1. The van der Waals surface area contributed by atoms with Gasteiger partial charge in [0.05, 0.1) is 12.3 Å². The summed E-state index contributed by atoms with van der Waals surface area (Å²) in [6.07, 6.45) is 0.250. The lowest BCUT2D eigenvalue weighted by Gasteiger charge is -2.28. The fraction of sp³-hybridized carbons (Fsp3) is 0.583. The molecule has 6 nitrogen and oxygen atoms in total. The van der Waals surface area contributed by atoms with Crippen molar-refractivity contribution in [1.82, 2.24) is 4.98 Å². The van der Waals surface area contributed by atoms with Gasteiger partial charge in [-0.2, -0.15) is 0 Å². The Kier molecular flexibility index (Phi) is 5.29. The normalized spacial score (nSPS) is 13.8. The number of nitrogen functional groups attached to an aromatic ring is 1. The Morgan fingerprint density at radius 2 is 2.21 bits per heavy atom. The largest absolute Gasteiger partial charge is 0.550 e. The molecular formula is C12H17N2O4S-. The molecule has 0 fully saturated rings. The summed E-state index contributed by atoms with van der Waals surface area (Å²) < 4.78 is 5.07. The lowest BCUT2D eigenvalue weighted by atomic mass is 9.78. The van der Waals surface area contributed by atoms with Gasteiger partial charge in [0.15, 0.2) is 5.13 Å². The number of carboxylic acids is 1. The third-order valence-corrected chi connectivity index (χ3v) is 3.71. The zero-order chi connectivity index (χ0) is 14.5. The van der Waals surface area contributed by atoms with Gasteiger partial charge in [0, 0.05) is 11.3 Å². The maximum Gasteiger partial charge on any atom is 0.318 e. The van der Waals surface area contributed by atoms with E-state index in [1.54, 1.807) is 19.2 Å². The SMILES string of the molecule is CCOC(=O)[C@](CC)(CCC(=O)[O-])c1csc(N)n1. The van der Waals surface area contributed by atoms with Crippen LogP contribution in [0.1, 0.15) is 38.8 Å². The van der Waals surface area contributed by atoms with Crippen LogP contribution in [0.2, 0.25) is 0 Å². The molecule has 7 heteroatoms. The Bertz CT molecular complexity index is 460. The van der Waals surface area contributed by atoms with Gasteiger partial charge in [-0.15, -0.1) is 11.3 Å². The Morgan fingerprint density at radius 3 is 2.63 bits per heavy atom. The highest BCUT2D eigenvalue weighted by Crippen LogP contribution is 2.35. The number of esters is 1. The van der Waals surface area contributed by atoms with Crippen molar-refractivity contribution in [3.05, 3.63) is 11.1 Å². The number of carbonyl (C=O) groups excluding carboxylic acids is 2. The monoisotopic (exact) mass is 285 g/mol. The first-order chi connectivity index (χ1) is 8.96. The number of carbonyl (C=O) groups is 2. The van der Waals surface area contributed by atoms with E-state index < -0.39 is 17.4 Å². The van der Waals surface area contributed by atoms with Crippen molar-refractivity contribution >= 4 is 28.4 Å². The van der Waals surface area contributed by atoms with E-state index in [4.69, 9.17) is 10.5 Å². The molecular weight excluding hydrogens is 268 g/mol. The van der Waals surface area contributed by atoms with E-state index in [0.29, 0.717) is 17.2 Å². The van der Waals surface area contributed by atoms with Crippen LogP contribution < -0.4 is 10.8 Å². The fourth-order valence-electron chi connectivity index (χ4n) is 1.93. The van der Waals surface area contributed by atoms with Gasteiger partial charge in [-0.3, -0.25) is 4.79 Å². The summed E-state index contributed by atoms with van der Waals surface area (Å²) in [7, 11) is 0. The van der Waals surface area contributed by atoms with Crippen molar-refractivity contribution in [2.75, 3.05) is 12.3 Å². The van der Waals surface area contributed by atoms with Crippen LogP contribution >= 0.6 is 11.3 Å². The van der Waals surface area contributed by atoms with E-state index in [1.165, 1.54) is 11.3 Å². The summed E-state index contributed by atoms with van der Waals surface area (Å²) in [4.78, 5) is 27.0. The molecule has 1 aromatic heterocycles. The Labute approximate surface area is 115 Å². The quantitative estimate of drug-likeness (QED) is 0.730. The lowest BCUT2D eigenvalue weighted by Crippen LogP contribution is -2.39. The van der Waals surface area contributed by atoms with Crippen molar-refractivity contribution in [2.45, 2.75) is 38.5 Å². The van der Waals surface area contributed by atoms with Gasteiger partial charge in [-0.25, -0.2) is 4.98 Å². The van der Waals surface area contributed by atoms with Gasteiger partial charge < -0.3 is 20.4 Å². The Balaban J connectivity index is 3.12. The molecule has 19 heavy (non-hydrogen) atoms. The number of aromatic nitrogens is 1.